The number of hydrogen-bond donors (Lipinski definition) is 0. The molecule has 2 rings (SSSR count). The van der Waals surface area contributed by atoms with E-state index in [9.17, 15) is 0 Å². The van der Waals surface area contributed by atoms with Gasteiger partial charge in [-0.1, -0.05) is 19.0 Å². The van der Waals surface area contributed by atoms with E-state index < -0.39 is 0 Å². The fraction of sp³-hybridized carbons (Fsp3) is 0.583. The molecule has 0 fully saturated rings. The molecule has 5 heteroatoms. The normalized spacial score (nSPS) is 11.1. The lowest BCUT2D eigenvalue weighted by Crippen LogP contribution is -2.07. The summed E-state index contributed by atoms with van der Waals surface area (Å²) < 4.78 is 7.11. The van der Waals surface area contributed by atoms with Crippen LogP contribution in [0.25, 0.3) is 0 Å². The standard InChI is InChI=1S/C12H18N4O/c1-5-11-13-12(6-2)16(14-11)7-10-8(3)15-17-9(10)4/h5-7H2,1-4H3. The highest BCUT2D eigenvalue weighted by Gasteiger charge is 2.13. The van der Waals surface area contributed by atoms with Crippen LogP contribution < -0.4 is 0 Å². The van der Waals surface area contributed by atoms with Crippen molar-refractivity contribution >= 4 is 0 Å². The molecule has 0 unspecified atom stereocenters. The Morgan fingerprint density at radius 1 is 1.18 bits per heavy atom. The van der Waals surface area contributed by atoms with E-state index in [1.165, 1.54) is 0 Å². The summed E-state index contributed by atoms with van der Waals surface area (Å²) >= 11 is 0. The van der Waals surface area contributed by atoms with Crippen LogP contribution >= 0.6 is 0 Å². The van der Waals surface area contributed by atoms with Gasteiger partial charge in [-0.05, 0) is 13.8 Å². The fourth-order valence-corrected chi connectivity index (χ4v) is 1.84. The zero-order valence-corrected chi connectivity index (χ0v) is 10.8. The van der Waals surface area contributed by atoms with Crippen molar-refractivity contribution in [2.24, 2.45) is 0 Å². The summed E-state index contributed by atoms with van der Waals surface area (Å²) in [5.41, 5.74) is 2.03. The van der Waals surface area contributed by atoms with Gasteiger partial charge in [0.25, 0.3) is 0 Å². The predicted octanol–water partition coefficient (Wildman–Crippen LogP) is 2.06. The molecule has 0 saturated carbocycles. The van der Waals surface area contributed by atoms with E-state index in [0.29, 0.717) is 6.54 Å². The maximum atomic E-state index is 5.16. The van der Waals surface area contributed by atoms with Crippen LogP contribution in [0.1, 0.15) is 42.5 Å². The van der Waals surface area contributed by atoms with Crippen LogP contribution in [-0.4, -0.2) is 19.9 Å². The Morgan fingerprint density at radius 3 is 2.47 bits per heavy atom. The second-order valence-corrected chi connectivity index (χ2v) is 4.11. The van der Waals surface area contributed by atoms with Gasteiger partial charge in [0.05, 0.1) is 12.2 Å². The zero-order chi connectivity index (χ0) is 12.4. The smallest absolute Gasteiger partial charge is 0.150 e. The maximum absolute atomic E-state index is 5.16. The average molecular weight is 234 g/mol. The topological polar surface area (TPSA) is 56.7 Å². The van der Waals surface area contributed by atoms with E-state index >= 15 is 0 Å². The van der Waals surface area contributed by atoms with E-state index in [1.807, 2.05) is 18.5 Å². The average Bonchev–Trinajstić information content (AvgIpc) is 2.87. The molecular formula is C12H18N4O. The Balaban J connectivity index is 2.32. The molecule has 5 nitrogen and oxygen atoms in total. The van der Waals surface area contributed by atoms with Gasteiger partial charge in [0.15, 0.2) is 5.82 Å². The number of aryl methyl sites for hydroxylation is 4. The number of hydrogen-bond acceptors (Lipinski definition) is 4. The van der Waals surface area contributed by atoms with E-state index in [1.54, 1.807) is 0 Å². The summed E-state index contributed by atoms with van der Waals surface area (Å²) in [5, 5.41) is 8.45. The molecule has 2 aromatic rings. The molecule has 0 spiro atoms. The predicted molar refractivity (Wildman–Crippen MR) is 63.9 cm³/mol. The van der Waals surface area contributed by atoms with Gasteiger partial charge >= 0.3 is 0 Å². The summed E-state index contributed by atoms with van der Waals surface area (Å²) in [5.74, 6) is 2.77. The van der Waals surface area contributed by atoms with Crippen molar-refractivity contribution in [3.63, 3.8) is 0 Å². The van der Waals surface area contributed by atoms with Gasteiger partial charge in [-0.3, -0.25) is 0 Å². The molecule has 0 saturated heterocycles. The van der Waals surface area contributed by atoms with Crippen LogP contribution in [0.3, 0.4) is 0 Å². The van der Waals surface area contributed by atoms with Gasteiger partial charge in [-0.15, -0.1) is 0 Å². The van der Waals surface area contributed by atoms with E-state index in [0.717, 1.165) is 41.5 Å². The minimum atomic E-state index is 0.692. The second-order valence-electron chi connectivity index (χ2n) is 4.11. The van der Waals surface area contributed by atoms with Gasteiger partial charge < -0.3 is 4.52 Å². The lowest BCUT2D eigenvalue weighted by atomic mass is 10.2. The van der Waals surface area contributed by atoms with Gasteiger partial charge in [0, 0.05) is 18.4 Å². The first kappa shape index (κ1) is 11.8. The Hall–Kier alpha value is -1.65. The minimum absolute atomic E-state index is 0.692. The zero-order valence-electron chi connectivity index (χ0n) is 10.8. The summed E-state index contributed by atoms with van der Waals surface area (Å²) in [4.78, 5) is 4.49. The number of rotatable bonds is 4. The first-order chi connectivity index (χ1) is 8.15. The van der Waals surface area contributed by atoms with Gasteiger partial charge in [-0.25, -0.2) is 9.67 Å². The van der Waals surface area contributed by atoms with Gasteiger partial charge in [0.2, 0.25) is 0 Å². The molecule has 17 heavy (non-hydrogen) atoms. The molecule has 0 aliphatic carbocycles. The summed E-state index contributed by atoms with van der Waals surface area (Å²) in [6.07, 6.45) is 1.75. The molecular weight excluding hydrogens is 216 g/mol. The lowest BCUT2D eigenvalue weighted by molar-refractivity contribution is 0.391. The minimum Gasteiger partial charge on any atom is -0.361 e. The Labute approximate surface area is 101 Å². The molecule has 92 valence electrons. The molecule has 0 atom stereocenters. The van der Waals surface area contributed by atoms with Crippen molar-refractivity contribution in [2.75, 3.05) is 0 Å². The molecule has 0 bridgehead atoms. The fourth-order valence-electron chi connectivity index (χ4n) is 1.84. The molecule has 0 aliphatic rings. The Bertz CT molecular complexity index is 493. The molecule has 0 N–H and O–H groups in total. The lowest BCUT2D eigenvalue weighted by Gasteiger charge is -2.03. The highest BCUT2D eigenvalue weighted by molar-refractivity contribution is 5.21. The third-order valence-electron chi connectivity index (χ3n) is 2.91. The molecule has 0 radical (unpaired) electrons. The maximum Gasteiger partial charge on any atom is 0.150 e. The Kier molecular flexibility index (Phi) is 3.26. The van der Waals surface area contributed by atoms with Crippen LogP contribution in [0, 0.1) is 13.8 Å². The highest BCUT2D eigenvalue weighted by atomic mass is 16.5. The van der Waals surface area contributed by atoms with Crippen molar-refractivity contribution in [3.8, 4) is 0 Å². The van der Waals surface area contributed by atoms with Crippen LogP contribution in [0.15, 0.2) is 4.52 Å². The Morgan fingerprint density at radius 2 is 1.94 bits per heavy atom. The highest BCUT2D eigenvalue weighted by Crippen LogP contribution is 2.14. The first-order valence-corrected chi connectivity index (χ1v) is 6.00. The summed E-state index contributed by atoms with van der Waals surface area (Å²) in [6, 6.07) is 0. The van der Waals surface area contributed by atoms with Crippen molar-refractivity contribution in [1.82, 2.24) is 19.9 Å². The van der Waals surface area contributed by atoms with Crippen molar-refractivity contribution in [3.05, 3.63) is 28.7 Å². The first-order valence-electron chi connectivity index (χ1n) is 6.00. The quantitative estimate of drug-likeness (QED) is 0.812. The molecule has 2 heterocycles. The molecule has 2 aromatic heterocycles. The van der Waals surface area contributed by atoms with Gasteiger partial charge in [-0.2, -0.15) is 5.10 Å². The molecule has 0 aromatic carbocycles. The van der Waals surface area contributed by atoms with Gasteiger partial charge in [0.1, 0.15) is 11.6 Å². The van der Waals surface area contributed by atoms with Crippen LogP contribution in [0.2, 0.25) is 0 Å². The largest absolute Gasteiger partial charge is 0.361 e. The SMILES string of the molecule is CCc1nc(CC)n(Cc2c(C)noc2C)n1. The van der Waals surface area contributed by atoms with Crippen molar-refractivity contribution in [1.29, 1.82) is 0 Å². The van der Waals surface area contributed by atoms with Crippen LogP contribution in [-0.2, 0) is 19.4 Å². The van der Waals surface area contributed by atoms with E-state index in [-0.39, 0.29) is 0 Å². The van der Waals surface area contributed by atoms with E-state index in [2.05, 4.69) is 29.1 Å². The third kappa shape index (κ3) is 2.23. The summed E-state index contributed by atoms with van der Waals surface area (Å²) in [7, 11) is 0. The number of nitrogens with zero attached hydrogens (tertiary/aromatic N) is 4. The second kappa shape index (κ2) is 4.69. The molecule has 0 amide bonds. The van der Waals surface area contributed by atoms with Crippen LogP contribution in [0.5, 0.6) is 0 Å². The molecule has 0 aliphatic heterocycles. The van der Waals surface area contributed by atoms with Crippen molar-refractivity contribution in [2.45, 2.75) is 47.1 Å². The number of aromatic nitrogens is 4. The summed E-state index contributed by atoms with van der Waals surface area (Å²) in [6.45, 7) is 8.73. The van der Waals surface area contributed by atoms with Crippen molar-refractivity contribution < 1.29 is 4.52 Å². The van der Waals surface area contributed by atoms with Crippen LogP contribution in [0.4, 0.5) is 0 Å². The third-order valence-corrected chi connectivity index (χ3v) is 2.91. The monoisotopic (exact) mass is 234 g/mol. The van der Waals surface area contributed by atoms with E-state index in [4.69, 9.17) is 4.52 Å².